The molecule has 1 rings (SSSR count). The highest BCUT2D eigenvalue weighted by atomic mass is 32.2. The van der Waals surface area contributed by atoms with Gasteiger partial charge in [0, 0.05) is 18.2 Å². The minimum atomic E-state index is -3.53. The van der Waals surface area contributed by atoms with Gasteiger partial charge in [-0.25, -0.2) is 4.72 Å². The zero-order chi connectivity index (χ0) is 15.9. The fourth-order valence-electron chi connectivity index (χ4n) is 1.65. The minimum absolute atomic E-state index is 0.203. The number of hydrogen-bond acceptors (Lipinski definition) is 3. The van der Waals surface area contributed by atoms with E-state index in [1.807, 2.05) is 32.0 Å². The Labute approximate surface area is 127 Å². The summed E-state index contributed by atoms with van der Waals surface area (Å²) < 4.78 is 28.9. The minimum Gasteiger partial charge on any atom is -0.384 e. The molecule has 0 aromatic heterocycles. The van der Waals surface area contributed by atoms with Gasteiger partial charge in [-0.15, -0.1) is 0 Å². The largest absolute Gasteiger partial charge is 0.384 e. The average molecular weight is 310 g/mol. The molecule has 1 unspecified atom stereocenters. The molecule has 0 fully saturated rings. The Morgan fingerprint density at radius 2 is 2.00 bits per heavy atom. The van der Waals surface area contributed by atoms with E-state index in [9.17, 15) is 8.42 Å². The standard InChI is InChI=1S/C15H22N2O3S/c1-12(2)11-16-21(19,20)17-13(3)15-8-4-6-14(10-15)7-5-9-18/h4,6,8,10,12-13,16-18H,9,11H2,1-3H3. The third-order valence-electron chi connectivity index (χ3n) is 2.71. The first-order chi connectivity index (χ1) is 9.84. The second-order valence-electron chi connectivity index (χ2n) is 5.17. The van der Waals surface area contributed by atoms with Gasteiger partial charge >= 0.3 is 0 Å². The highest BCUT2D eigenvalue weighted by Crippen LogP contribution is 2.14. The van der Waals surface area contributed by atoms with Crippen molar-refractivity contribution in [3.05, 3.63) is 35.4 Å². The van der Waals surface area contributed by atoms with Crippen LogP contribution >= 0.6 is 0 Å². The molecule has 3 N–H and O–H groups in total. The van der Waals surface area contributed by atoms with Gasteiger partial charge in [-0.2, -0.15) is 13.1 Å². The molecule has 21 heavy (non-hydrogen) atoms. The normalized spacial score (nSPS) is 12.8. The lowest BCUT2D eigenvalue weighted by Gasteiger charge is -2.16. The van der Waals surface area contributed by atoms with E-state index in [1.54, 1.807) is 13.0 Å². The predicted molar refractivity (Wildman–Crippen MR) is 83.7 cm³/mol. The van der Waals surface area contributed by atoms with Gasteiger partial charge in [0.15, 0.2) is 0 Å². The smallest absolute Gasteiger partial charge is 0.277 e. The summed E-state index contributed by atoms with van der Waals surface area (Å²) in [6, 6.07) is 6.89. The Hall–Kier alpha value is -1.39. The van der Waals surface area contributed by atoms with Crippen molar-refractivity contribution in [1.29, 1.82) is 0 Å². The Morgan fingerprint density at radius 1 is 1.29 bits per heavy atom. The van der Waals surface area contributed by atoms with Gasteiger partial charge in [-0.05, 0) is 30.5 Å². The first-order valence-electron chi connectivity index (χ1n) is 6.80. The van der Waals surface area contributed by atoms with Crippen LogP contribution in [0, 0.1) is 17.8 Å². The van der Waals surface area contributed by atoms with Gasteiger partial charge in [0.05, 0.1) is 0 Å². The number of nitrogens with one attached hydrogen (secondary N) is 2. The van der Waals surface area contributed by atoms with Crippen LogP contribution in [0.15, 0.2) is 24.3 Å². The van der Waals surface area contributed by atoms with Gasteiger partial charge in [-0.1, -0.05) is 37.8 Å². The van der Waals surface area contributed by atoms with Gasteiger partial charge < -0.3 is 5.11 Å². The van der Waals surface area contributed by atoms with Crippen molar-refractivity contribution in [3.8, 4) is 11.8 Å². The molecule has 6 heteroatoms. The molecule has 5 nitrogen and oxygen atoms in total. The summed E-state index contributed by atoms with van der Waals surface area (Å²) in [6.45, 7) is 5.84. The molecule has 116 valence electrons. The number of hydrogen-bond donors (Lipinski definition) is 3. The third kappa shape index (κ3) is 6.74. The lowest BCUT2D eigenvalue weighted by molar-refractivity contribution is 0.350. The summed E-state index contributed by atoms with van der Waals surface area (Å²) in [5, 5.41) is 8.69. The summed E-state index contributed by atoms with van der Waals surface area (Å²) in [4.78, 5) is 0. The molecule has 0 saturated heterocycles. The second-order valence-corrected chi connectivity index (χ2v) is 6.70. The monoisotopic (exact) mass is 310 g/mol. The van der Waals surface area contributed by atoms with Crippen molar-refractivity contribution in [2.45, 2.75) is 26.8 Å². The van der Waals surface area contributed by atoms with Crippen LogP contribution in [-0.4, -0.2) is 26.7 Å². The SMILES string of the molecule is CC(C)CNS(=O)(=O)NC(C)c1cccc(C#CCO)c1. The molecule has 0 heterocycles. The van der Waals surface area contributed by atoms with Crippen LogP contribution in [0.1, 0.15) is 37.9 Å². The predicted octanol–water partition coefficient (Wildman–Crippen LogP) is 1.17. The zero-order valence-corrected chi connectivity index (χ0v) is 13.4. The number of aliphatic hydroxyl groups excluding tert-OH is 1. The van der Waals surface area contributed by atoms with E-state index in [0.717, 1.165) is 11.1 Å². The zero-order valence-electron chi connectivity index (χ0n) is 12.6. The number of rotatable bonds is 6. The lowest BCUT2D eigenvalue weighted by Crippen LogP contribution is -2.39. The molecule has 0 aliphatic carbocycles. The van der Waals surface area contributed by atoms with Gasteiger partial charge in [0.25, 0.3) is 10.2 Å². The molecule has 0 radical (unpaired) electrons. The van der Waals surface area contributed by atoms with Crippen LogP contribution in [0.4, 0.5) is 0 Å². The molecule has 1 aromatic rings. The van der Waals surface area contributed by atoms with E-state index in [4.69, 9.17) is 5.11 Å². The van der Waals surface area contributed by atoms with Crippen LogP contribution in [0.5, 0.6) is 0 Å². The van der Waals surface area contributed by atoms with Gasteiger partial charge in [0.2, 0.25) is 0 Å². The van der Waals surface area contributed by atoms with Crippen LogP contribution < -0.4 is 9.44 Å². The Kier molecular flexibility index (Phi) is 6.85. The summed E-state index contributed by atoms with van der Waals surface area (Å²) in [5.41, 5.74) is 1.55. The van der Waals surface area contributed by atoms with Crippen LogP contribution in [0.3, 0.4) is 0 Å². The topological polar surface area (TPSA) is 78.4 Å². The Bertz CT molecular complexity index is 615. The molecular weight excluding hydrogens is 288 g/mol. The quantitative estimate of drug-likeness (QED) is 0.690. The highest BCUT2D eigenvalue weighted by Gasteiger charge is 2.15. The molecule has 0 spiro atoms. The summed E-state index contributed by atoms with van der Waals surface area (Å²) in [6.07, 6.45) is 0. The molecule has 0 amide bonds. The number of benzene rings is 1. The maximum Gasteiger partial charge on any atom is 0.277 e. The summed E-state index contributed by atoms with van der Waals surface area (Å²) >= 11 is 0. The van der Waals surface area contributed by atoms with E-state index >= 15 is 0 Å². The van der Waals surface area contributed by atoms with E-state index in [-0.39, 0.29) is 18.6 Å². The Balaban J connectivity index is 2.77. The van der Waals surface area contributed by atoms with Crippen LogP contribution in [-0.2, 0) is 10.2 Å². The molecule has 0 aliphatic heterocycles. The van der Waals surface area contributed by atoms with E-state index in [1.165, 1.54) is 0 Å². The Morgan fingerprint density at radius 3 is 2.62 bits per heavy atom. The average Bonchev–Trinajstić information content (AvgIpc) is 2.43. The fraction of sp³-hybridized carbons (Fsp3) is 0.467. The van der Waals surface area contributed by atoms with Crippen LogP contribution in [0.25, 0.3) is 0 Å². The third-order valence-corrected chi connectivity index (χ3v) is 3.92. The summed E-state index contributed by atoms with van der Waals surface area (Å²) in [5.74, 6) is 5.61. The summed E-state index contributed by atoms with van der Waals surface area (Å²) in [7, 11) is -3.53. The molecule has 0 bridgehead atoms. The maximum atomic E-state index is 11.9. The van der Waals surface area contributed by atoms with Crippen molar-refractivity contribution in [2.75, 3.05) is 13.2 Å². The van der Waals surface area contributed by atoms with Crippen molar-refractivity contribution in [3.63, 3.8) is 0 Å². The molecule has 1 aromatic carbocycles. The van der Waals surface area contributed by atoms with Crippen molar-refractivity contribution < 1.29 is 13.5 Å². The molecule has 1 atom stereocenters. The molecule has 0 saturated carbocycles. The first-order valence-corrected chi connectivity index (χ1v) is 8.29. The molecule has 0 aliphatic rings. The van der Waals surface area contributed by atoms with Gasteiger partial charge in [-0.3, -0.25) is 0 Å². The maximum absolute atomic E-state index is 11.9. The first kappa shape index (κ1) is 17.7. The molecular formula is C15H22N2O3S. The highest BCUT2D eigenvalue weighted by molar-refractivity contribution is 7.87. The fourth-order valence-corrected chi connectivity index (χ4v) is 2.88. The van der Waals surface area contributed by atoms with Crippen molar-refractivity contribution in [1.82, 2.24) is 9.44 Å². The number of aliphatic hydroxyl groups is 1. The van der Waals surface area contributed by atoms with Gasteiger partial charge in [0.1, 0.15) is 6.61 Å². The second kappa shape index (κ2) is 8.15. The van der Waals surface area contributed by atoms with Crippen molar-refractivity contribution in [2.24, 2.45) is 5.92 Å². The van der Waals surface area contributed by atoms with E-state index in [2.05, 4.69) is 21.3 Å². The van der Waals surface area contributed by atoms with Crippen LogP contribution in [0.2, 0.25) is 0 Å². The lowest BCUT2D eigenvalue weighted by atomic mass is 10.1. The van der Waals surface area contributed by atoms with Crippen molar-refractivity contribution >= 4 is 10.2 Å². The van der Waals surface area contributed by atoms with E-state index < -0.39 is 10.2 Å². The van der Waals surface area contributed by atoms with E-state index in [0.29, 0.717) is 6.54 Å².